The molecule has 4 aromatic rings. The molecule has 0 aliphatic carbocycles. The topological polar surface area (TPSA) is 107 Å². The minimum atomic E-state index is -1.72. The van der Waals surface area contributed by atoms with Gasteiger partial charge in [-0.25, -0.2) is 9.78 Å². The Kier molecular flexibility index (Phi) is 12.2. The summed E-state index contributed by atoms with van der Waals surface area (Å²) in [6.07, 6.45) is 3.48. The molecule has 11 nitrogen and oxygen atoms in total. The number of carbonyl (C=O) groups excluding carboxylic acids is 1. The molecule has 52 heavy (non-hydrogen) atoms. The number of anilines is 2. The van der Waals surface area contributed by atoms with Gasteiger partial charge in [0.15, 0.2) is 25.3 Å². The van der Waals surface area contributed by atoms with Crippen LogP contribution >= 0.6 is 0 Å². The third-order valence-electron chi connectivity index (χ3n) is 9.86. The van der Waals surface area contributed by atoms with E-state index in [1.807, 2.05) is 39.2 Å². The highest BCUT2D eigenvalue weighted by Crippen LogP contribution is 2.37. The molecule has 0 saturated carbocycles. The van der Waals surface area contributed by atoms with Gasteiger partial charge in [0, 0.05) is 50.9 Å². The highest BCUT2D eigenvalue weighted by Gasteiger charge is 2.36. The lowest BCUT2D eigenvalue weighted by Gasteiger charge is -2.36. The zero-order chi connectivity index (χ0) is 37.7. The van der Waals surface area contributed by atoms with Crippen LogP contribution in [-0.2, 0) is 15.7 Å². The largest absolute Gasteiger partial charge is 0.493 e. The third-order valence-corrected chi connectivity index (χ3v) is 14.4. The predicted molar refractivity (Wildman–Crippen MR) is 213 cm³/mol. The summed E-state index contributed by atoms with van der Waals surface area (Å²) in [6.45, 7) is 25.6. The highest BCUT2D eigenvalue weighted by atomic mass is 28.4. The minimum Gasteiger partial charge on any atom is -0.493 e. The molecule has 0 unspecified atom stereocenters. The van der Waals surface area contributed by atoms with Crippen LogP contribution in [0.2, 0.25) is 18.1 Å². The molecule has 0 spiro atoms. The fourth-order valence-electron chi connectivity index (χ4n) is 5.71. The van der Waals surface area contributed by atoms with Crippen molar-refractivity contribution in [1.29, 1.82) is 0 Å². The van der Waals surface area contributed by atoms with Gasteiger partial charge in [0.05, 0.1) is 12.9 Å². The number of imidazole rings is 1. The Balaban J connectivity index is 1.22. The molecule has 2 aromatic heterocycles. The molecule has 1 amide bonds. The average molecular weight is 730 g/mol. The Labute approximate surface area is 311 Å². The molecular weight excluding hydrogens is 671 g/mol. The maximum atomic E-state index is 12.7. The fraction of sp³-hybridized carbons (Fsp3) is 0.550. The number of hydrogen-bond donors (Lipinski definition) is 1. The third kappa shape index (κ3) is 9.83. The first-order valence-corrected chi connectivity index (χ1v) is 21.6. The lowest BCUT2D eigenvalue weighted by molar-refractivity contribution is 0.0240. The number of carbonyl (C=O) groups is 1. The van der Waals surface area contributed by atoms with Crippen molar-refractivity contribution >= 4 is 37.3 Å². The van der Waals surface area contributed by atoms with E-state index in [9.17, 15) is 4.79 Å². The van der Waals surface area contributed by atoms with Gasteiger partial charge >= 0.3 is 6.09 Å². The van der Waals surface area contributed by atoms with E-state index in [1.54, 1.807) is 4.90 Å². The lowest BCUT2D eigenvalue weighted by Crippen LogP contribution is -2.50. The van der Waals surface area contributed by atoms with Crippen LogP contribution in [-0.4, -0.2) is 83.8 Å². The molecule has 2 aromatic carbocycles. The molecule has 282 valence electrons. The van der Waals surface area contributed by atoms with Crippen LogP contribution in [0.3, 0.4) is 0 Å². The number of para-hydroxylation sites is 1. The van der Waals surface area contributed by atoms with Crippen molar-refractivity contribution in [2.75, 3.05) is 49.6 Å². The summed E-state index contributed by atoms with van der Waals surface area (Å²) in [5.74, 6) is 2.20. The summed E-state index contributed by atoms with van der Waals surface area (Å²) in [5.41, 5.74) is 4.29. The molecule has 1 aliphatic heterocycles. The number of nitrogens with zero attached hydrogens (tertiary/aromatic N) is 6. The number of amides is 1. The van der Waals surface area contributed by atoms with Gasteiger partial charge in [-0.3, -0.25) is 0 Å². The smallest absolute Gasteiger partial charge is 0.410 e. The van der Waals surface area contributed by atoms with Crippen molar-refractivity contribution in [2.45, 2.75) is 105 Å². The quantitative estimate of drug-likeness (QED) is 0.107. The van der Waals surface area contributed by atoms with Gasteiger partial charge in [-0.05, 0) is 82.8 Å². The van der Waals surface area contributed by atoms with Gasteiger partial charge in [-0.15, -0.1) is 0 Å². The Bertz CT molecular complexity index is 1790. The monoisotopic (exact) mass is 729 g/mol. The standard InChI is InChI=1S/C40H59N7O4Si/c1-29(2)47-28-42-34-35(43-37(44-36(34)47)45-21-23-46(24-22-45)38(48)51-39(3,4)5)41-27-30-17-19-31(20-18-30)32-15-11-12-16-33(32)49-25-13-14-26-50-52(9,10)40(6,7)8/h11-12,15-20,28-29H,13-14,21-27H2,1-10H3,(H,41,43,44). The van der Waals surface area contributed by atoms with E-state index in [2.05, 4.69) is 98.9 Å². The molecule has 0 atom stereocenters. The molecule has 1 aliphatic rings. The Morgan fingerprint density at radius 3 is 2.23 bits per heavy atom. The summed E-state index contributed by atoms with van der Waals surface area (Å²) < 4.78 is 20.3. The van der Waals surface area contributed by atoms with Crippen LogP contribution < -0.4 is 15.0 Å². The number of benzene rings is 2. The fourth-order valence-corrected chi connectivity index (χ4v) is 6.80. The number of piperazine rings is 1. The number of ether oxygens (including phenoxy) is 2. The van der Waals surface area contributed by atoms with Gasteiger partial charge < -0.3 is 33.6 Å². The molecule has 12 heteroatoms. The molecular formula is C40H59N7O4Si. The Morgan fingerprint density at radius 1 is 0.904 bits per heavy atom. The second-order valence-corrected chi connectivity index (χ2v) is 21.3. The highest BCUT2D eigenvalue weighted by molar-refractivity contribution is 6.74. The Morgan fingerprint density at radius 2 is 1.58 bits per heavy atom. The van der Waals surface area contributed by atoms with Gasteiger partial charge in [0.25, 0.3) is 0 Å². The van der Waals surface area contributed by atoms with E-state index < -0.39 is 13.9 Å². The van der Waals surface area contributed by atoms with Gasteiger partial charge in [0.2, 0.25) is 5.95 Å². The van der Waals surface area contributed by atoms with E-state index >= 15 is 0 Å². The maximum absolute atomic E-state index is 12.7. The van der Waals surface area contributed by atoms with Crippen molar-refractivity contribution < 1.29 is 18.7 Å². The van der Waals surface area contributed by atoms with E-state index in [1.165, 1.54) is 0 Å². The zero-order valence-corrected chi connectivity index (χ0v) is 34.0. The van der Waals surface area contributed by atoms with Crippen molar-refractivity contribution in [3.05, 3.63) is 60.4 Å². The first-order chi connectivity index (χ1) is 24.5. The normalized spacial score (nSPS) is 14.3. The molecule has 0 bridgehead atoms. The molecule has 3 heterocycles. The van der Waals surface area contributed by atoms with E-state index in [0.29, 0.717) is 51.1 Å². The molecule has 1 fully saturated rings. The van der Waals surface area contributed by atoms with Crippen LogP contribution in [0.1, 0.15) is 79.8 Å². The van der Waals surface area contributed by atoms with Crippen molar-refractivity contribution in [1.82, 2.24) is 24.4 Å². The number of unbranched alkanes of at least 4 members (excludes halogenated alkanes) is 1. The zero-order valence-electron chi connectivity index (χ0n) is 33.0. The minimum absolute atomic E-state index is 0.186. The van der Waals surface area contributed by atoms with E-state index in [0.717, 1.165) is 53.1 Å². The second kappa shape index (κ2) is 16.2. The number of aromatic nitrogens is 4. The van der Waals surface area contributed by atoms with E-state index in [-0.39, 0.29) is 17.2 Å². The summed E-state index contributed by atoms with van der Waals surface area (Å²) >= 11 is 0. The van der Waals surface area contributed by atoms with Crippen molar-refractivity contribution in [3.8, 4) is 16.9 Å². The summed E-state index contributed by atoms with van der Waals surface area (Å²) in [5, 5.41) is 3.77. The average Bonchev–Trinajstić information content (AvgIpc) is 3.53. The van der Waals surface area contributed by atoms with Crippen LogP contribution in [0, 0.1) is 0 Å². The SMILES string of the molecule is CC(C)n1cnc2c(NCc3ccc(-c4ccccc4OCCCCO[Si](C)(C)C(C)(C)C)cc3)nc(N3CCN(C(=O)OC(C)(C)C)CC3)nc21. The van der Waals surface area contributed by atoms with Gasteiger partial charge in [0.1, 0.15) is 11.4 Å². The van der Waals surface area contributed by atoms with Crippen LogP contribution in [0.5, 0.6) is 5.75 Å². The number of nitrogens with one attached hydrogen (secondary N) is 1. The van der Waals surface area contributed by atoms with Crippen LogP contribution in [0.4, 0.5) is 16.6 Å². The molecule has 5 rings (SSSR count). The number of hydrogen-bond acceptors (Lipinski definition) is 9. The summed E-state index contributed by atoms with van der Waals surface area (Å²) in [4.78, 5) is 31.1. The van der Waals surface area contributed by atoms with Crippen molar-refractivity contribution in [3.63, 3.8) is 0 Å². The molecule has 1 saturated heterocycles. The maximum Gasteiger partial charge on any atom is 0.410 e. The molecule has 0 radical (unpaired) electrons. The summed E-state index contributed by atoms with van der Waals surface area (Å²) in [6, 6.07) is 17.0. The first kappa shape index (κ1) is 39.1. The summed E-state index contributed by atoms with van der Waals surface area (Å²) in [7, 11) is -1.72. The van der Waals surface area contributed by atoms with Gasteiger partial charge in [-0.1, -0.05) is 63.2 Å². The van der Waals surface area contributed by atoms with Crippen LogP contribution in [0.15, 0.2) is 54.9 Å². The Hall–Kier alpha value is -4.16. The molecule has 1 N–H and O–H groups in total. The van der Waals surface area contributed by atoms with E-state index in [4.69, 9.17) is 28.9 Å². The second-order valence-electron chi connectivity index (χ2n) is 16.5. The van der Waals surface area contributed by atoms with Gasteiger partial charge in [-0.2, -0.15) is 9.97 Å². The predicted octanol–water partition coefficient (Wildman–Crippen LogP) is 8.92. The number of fused-ring (bicyclic) bond motifs is 1. The van der Waals surface area contributed by atoms with Crippen LogP contribution in [0.25, 0.3) is 22.3 Å². The van der Waals surface area contributed by atoms with Crippen molar-refractivity contribution in [2.24, 2.45) is 0 Å². The lowest BCUT2D eigenvalue weighted by atomic mass is 10.0. The first-order valence-electron chi connectivity index (χ1n) is 18.7. The number of rotatable bonds is 13.